The first-order valence-electron chi connectivity index (χ1n) is 9.51. The van der Waals surface area contributed by atoms with Gasteiger partial charge in [-0.3, -0.25) is 9.63 Å². The Morgan fingerprint density at radius 3 is 2.87 bits per heavy atom. The minimum absolute atomic E-state index is 0.00281. The van der Waals surface area contributed by atoms with Gasteiger partial charge in [0.1, 0.15) is 23.5 Å². The zero-order valence-electron chi connectivity index (χ0n) is 16.6. The van der Waals surface area contributed by atoms with Gasteiger partial charge in [-0.25, -0.2) is 4.79 Å². The summed E-state index contributed by atoms with van der Waals surface area (Å²) in [5, 5.41) is 23.8. The van der Waals surface area contributed by atoms with Gasteiger partial charge < -0.3 is 29.4 Å². The van der Waals surface area contributed by atoms with Crippen LogP contribution in [0.3, 0.4) is 0 Å². The third-order valence-electron chi connectivity index (χ3n) is 5.85. The molecule has 0 spiro atoms. The van der Waals surface area contributed by atoms with Crippen molar-refractivity contribution >= 4 is 34.3 Å². The molecule has 2 fully saturated rings. The van der Waals surface area contributed by atoms with Crippen LogP contribution in [0.15, 0.2) is 39.6 Å². The number of carbonyl (C=O) groups is 1. The van der Waals surface area contributed by atoms with Crippen molar-refractivity contribution in [3.05, 3.63) is 40.8 Å². The molecule has 164 valence electrons. The van der Waals surface area contributed by atoms with E-state index in [4.69, 9.17) is 18.7 Å². The van der Waals surface area contributed by atoms with Crippen molar-refractivity contribution in [2.45, 2.75) is 34.4 Å². The molecule has 11 heteroatoms. The smallest absolute Gasteiger partial charge is 0.360 e. The Morgan fingerprint density at radius 2 is 2.13 bits per heavy atom. The van der Waals surface area contributed by atoms with E-state index < -0.39 is 39.5 Å². The SMILES string of the molecule is COc1ccc2cc(NC(=O)[C@]34C[C@@]5(O)C(C=C[C@H](O)[C@H]5ON3)S4)c(=O)oc2c1OC. The maximum absolute atomic E-state index is 13.2. The zero-order valence-corrected chi connectivity index (χ0v) is 17.4. The van der Waals surface area contributed by atoms with E-state index in [0.29, 0.717) is 11.1 Å². The number of methoxy groups -OCH3 is 2. The van der Waals surface area contributed by atoms with Crippen molar-refractivity contribution in [2.24, 2.45) is 0 Å². The van der Waals surface area contributed by atoms with Crippen molar-refractivity contribution in [3.63, 3.8) is 0 Å². The average molecular weight is 448 g/mol. The maximum atomic E-state index is 13.2. The van der Waals surface area contributed by atoms with Crippen molar-refractivity contribution < 1.29 is 33.7 Å². The van der Waals surface area contributed by atoms with Gasteiger partial charge in [-0.1, -0.05) is 12.2 Å². The van der Waals surface area contributed by atoms with E-state index in [1.54, 1.807) is 18.2 Å². The summed E-state index contributed by atoms with van der Waals surface area (Å²) in [5.41, 5.74) is 0.621. The van der Waals surface area contributed by atoms with Gasteiger partial charge in [-0.15, -0.1) is 11.8 Å². The monoisotopic (exact) mass is 448 g/mol. The molecule has 4 N–H and O–H groups in total. The van der Waals surface area contributed by atoms with Gasteiger partial charge in [0, 0.05) is 11.8 Å². The first-order chi connectivity index (χ1) is 14.8. The second kappa shape index (κ2) is 6.97. The van der Waals surface area contributed by atoms with Gasteiger partial charge in [-0.2, -0.15) is 5.48 Å². The molecule has 1 aliphatic carbocycles. The highest BCUT2D eigenvalue weighted by Gasteiger charge is 2.67. The fraction of sp³-hybridized carbons (Fsp3) is 0.400. The van der Waals surface area contributed by atoms with Gasteiger partial charge in [0.2, 0.25) is 5.75 Å². The number of carbonyl (C=O) groups excluding carboxylic acids is 1. The molecule has 2 bridgehead atoms. The number of aliphatic hydroxyl groups excluding tert-OH is 1. The summed E-state index contributed by atoms with van der Waals surface area (Å²) in [7, 11) is 2.90. The van der Waals surface area contributed by atoms with Crippen LogP contribution in [0, 0.1) is 0 Å². The lowest BCUT2D eigenvalue weighted by Crippen LogP contribution is -2.65. The number of thioether (sulfide) groups is 1. The van der Waals surface area contributed by atoms with E-state index in [2.05, 4.69) is 10.8 Å². The first-order valence-corrected chi connectivity index (χ1v) is 10.4. The van der Waals surface area contributed by atoms with E-state index in [0.717, 1.165) is 0 Å². The molecule has 3 aliphatic rings. The number of fused-ring (bicyclic) bond motifs is 2. The summed E-state index contributed by atoms with van der Waals surface area (Å²) in [6, 6.07) is 4.82. The summed E-state index contributed by atoms with van der Waals surface area (Å²) in [4.78, 5) is 29.9. The summed E-state index contributed by atoms with van der Waals surface area (Å²) in [6.07, 6.45) is 1.31. The number of hydrogen-bond donors (Lipinski definition) is 4. The topological polar surface area (TPSA) is 139 Å². The minimum Gasteiger partial charge on any atom is -0.493 e. The van der Waals surface area contributed by atoms with Crippen LogP contribution in [-0.2, 0) is 9.63 Å². The van der Waals surface area contributed by atoms with Crippen molar-refractivity contribution in [2.75, 3.05) is 19.5 Å². The molecule has 31 heavy (non-hydrogen) atoms. The first kappa shape index (κ1) is 20.3. The average Bonchev–Trinajstić information content (AvgIpc) is 3.03. The van der Waals surface area contributed by atoms with Crippen LogP contribution in [-0.4, -0.2) is 58.3 Å². The minimum atomic E-state index is -1.42. The molecule has 5 rings (SSSR count). The molecule has 10 nitrogen and oxygen atoms in total. The lowest BCUT2D eigenvalue weighted by Gasteiger charge is -2.43. The molecular weight excluding hydrogens is 428 g/mol. The molecule has 1 aromatic heterocycles. The summed E-state index contributed by atoms with van der Waals surface area (Å²) in [5.74, 6) is 0.0964. The van der Waals surface area contributed by atoms with E-state index in [1.807, 2.05) is 0 Å². The molecule has 0 radical (unpaired) electrons. The van der Waals surface area contributed by atoms with Crippen molar-refractivity contribution in [3.8, 4) is 11.5 Å². The van der Waals surface area contributed by atoms with Crippen LogP contribution in [0.4, 0.5) is 5.69 Å². The van der Waals surface area contributed by atoms with E-state index >= 15 is 0 Å². The van der Waals surface area contributed by atoms with E-state index in [1.165, 1.54) is 38.1 Å². The predicted molar refractivity (Wildman–Crippen MR) is 111 cm³/mol. The third kappa shape index (κ3) is 2.88. The number of rotatable bonds is 4. The fourth-order valence-electron chi connectivity index (χ4n) is 4.32. The number of benzene rings is 1. The highest BCUT2D eigenvalue weighted by molar-refractivity contribution is 8.02. The van der Waals surface area contributed by atoms with Crippen LogP contribution in [0.25, 0.3) is 11.0 Å². The second-order valence-corrected chi connectivity index (χ2v) is 9.11. The Hall–Kier alpha value is -2.57. The van der Waals surface area contributed by atoms with E-state index in [9.17, 15) is 19.8 Å². The molecule has 5 atom stereocenters. The molecular formula is C20H20N2O8S. The maximum Gasteiger partial charge on any atom is 0.360 e. The highest BCUT2D eigenvalue weighted by atomic mass is 32.2. The summed E-state index contributed by atoms with van der Waals surface area (Å²) < 4.78 is 15.9. The molecule has 2 saturated heterocycles. The van der Waals surface area contributed by atoms with Crippen LogP contribution < -0.4 is 25.9 Å². The predicted octanol–water partition coefficient (Wildman–Crippen LogP) is 0.516. The Labute approximate surface area is 180 Å². The Bertz CT molecular complexity index is 1170. The van der Waals surface area contributed by atoms with Crippen molar-refractivity contribution in [1.29, 1.82) is 0 Å². The second-order valence-electron chi connectivity index (χ2n) is 7.67. The summed E-state index contributed by atoms with van der Waals surface area (Å²) >= 11 is 1.17. The Balaban J connectivity index is 1.47. The number of aliphatic hydroxyl groups is 2. The third-order valence-corrected chi connectivity index (χ3v) is 7.48. The Morgan fingerprint density at radius 1 is 1.32 bits per heavy atom. The number of hydrogen-bond acceptors (Lipinski definition) is 10. The number of ether oxygens (including phenoxy) is 2. The molecule has 1 aromatic carbocycles. The lowest BCUT2D eigenvalue weighted by atomic mass is 9.79. The number of anilines is 1. The van der Waals surface area contributed by atoms with Gasteiger partial charge >= 0.3 is 5.63 Å². The van der Waals surface area contributed by atoms with Gasteiger partial charge in [0.15, 0.2) is 16.2 Å². The molecule has 3 heterocycles. The standard InChI is InChI=1S/C20H20N2O8S/c1-27-12-5-3-9-7-10(17(24)29-14(9)15(12)28-2)21-18(25)20-8-19(26)13(31-20)6-4-11(23)16(19)30-22-20/h3-7,11,13,16,22-23,26H,8H2,1-2H3,(H,21,25)/t11-,13?,16+,19+,20+/m0/s1. The van der Waals surface area contributed by atoms with Crippen molar-refractivity contribution in [1.82, 2.24) is 5.48 Å². The Kier molecular flexibility index (Phi) is 4.57. The fourth-order valence-corrected chi connectivity index (χ4v) is 5.91. The quantitative estimate of drug-likeness (QED) is 0.386. The highest BCUT2D eigenvalue weighted by Crippen LogP contribution is 2.55. The van der Waals surface area contributed by atoms with Crippen LogP contribution >= 0.6 is 11.8 Å². The normalized spacial score (nSPS) is 33.4. The van der Waals surface area contributed by atoms with Crippen LogP contribution in [0.5, 0.6) is 11.5 Å². The molecule has 0 saturated carbocycles. The summed E-state index contributed by atoms with van der Waals surface area (Å²) in [6.45, 7) is 0. The van der Waals surface area contributed by atoms with Crippen LogP contribution in [0.2, 0.25) is 0 Å². The largest absolute Gasteiger partial charge is 0.493 e. The number of hydroxylamine groups is 1. The number of nitrogens with one attached hydrogen (secondary N) is 2. The zero-order chi connectivity index (χ0) is 22.0. The van der Waals surface area contributed by atoms with Crippen LogP contribution in [0.1, 0.15) is 6.42 Å². The van der Waals surface area contributed by atoms with Gasteiger partial charge in [0.05, 0.1) is 19.5 Å². The molecule has 2 aliphatic heterocycles. The van der Waals surface area contributed by atoms with E-state index in [-0.39, 0.29) is 23.4 Å². The lowest BCUT2D eigenvalue weighted by molar-refractivity contribution is -0.216. The molecule has 2 aromatic rings. The molecule has 1 amide bonds. The van der Waals surface area contributed by atoms with Gasteiger partial charge in [-0.05, 0) is 18.2 Å². The molecule has 1 unspecified atom stereocenters. The number of amides is 1. The van der Waals surface area contributed by atoms with Gasteiger partial charge in [0.25, 0.3) is 5.91 Å².